The third-order valence-electron chi connectivity index (χ3n) is 3.29. The maximum absolute atomic E-state index is 10.2. The number of hydrogen-bond donors (Lipinski definition) is 0. The molecule has 2 nitrogen and oxygen atoms in total. The van der Waals surface area contributed by atoms with Crippen molar-refractivity contribution in [2.24, 2.45) is 0 Å². The highest BCUT2D eigenvalue weighted by molar-refractivity contribution is 8.02. The Bertz CT molecular complexity index is 305. The second-order valence-electron chi connectivity index (χ2n) is 5.12. The lowest BCUT2D eigenvalue weighted by Crippen LogP contribution is -2.23. The zero-order valence-electron chi connectivity index (χ0n) is 15.7. The number of hydrogen-bond acceptors (Lipinski definition) is 2. The fourth-order valence-electron chi connectivity index (χ4n) is 2.16. The molecule has 0 aromatic rings. The summed E-state index contributed by atoms with van der Waals surface area (Å²) in [4.78, 5) is 13.6. The molecule has 1 aliphatic carbocycles. The highest BCUT2D eigenvalue weighted by Crippen LogP contribution is 2.26. The number of thioether (sulfide) groups is 1. The molecule has 0 N–H and O–H groups in total. The van der Waals surface area contributed by atoms with Crippen molar-refractivity contribution in [1.82, 2.24) is 4.90 Å². The standard InChI is InChI=1S/C10H16S.C7H15NO.C2H6/c1-9-7-5-3-4-6-8-10(9)11-2;1-3-5-8(7-9)6-4-2;1-2/h4,6H,3,5,7-8H2,1-2H3;7H,3-6H2,1-2H3;1-2H3/b6-4-,10-9+;;. The first kappa shape index (κ1) is 23.6. The summed E-state index contributed by atoms with van der Waals surface area (Å²) in [5, 5.41) is 0. The van der Waals surface area contributed by atoms with Crippen LogP contribution in [0.1, 0.15) is 73.1 Å². The molecule has 1 amide bonds. The minimum atomic E-state index is 0.900. The van der Waals surface area contributed by atoms with Crippen molar-refractivity contribution in [2.45, 2.75) is 73.1 Å². The molecule has 3 heteroatoms. The van der Waals surface area contributed by atoms with E-state index in [0.29, 0.717) is 0 Å². The van der Waals surface area contributed by atoms with Crippen LogP contribution in [-0.4, -0.2) is 30.7 Å². The smallest absolute Gasteiger partial charge is 0.209 e. The Morgan fingerprint density at radius 1 is 1.18 bits per heavy atom. The molecule has 1 rings (SSSR count). The molecule has 0 aromatic carbocycles. The van der Waals surface area contributed by atoms with Gasteiger partial charge in [-0.1, -0.05) is 45.4 Å². The van der Waals surface area contributed by atoms with Crippen LogP contribution in [0.3, 0.4) is 0 Å². The molecule has 0 spiro atoms. The summed E-state index contributed by atoms with van der Waals surface area (Å²) < 4.78 is 0. The molecule has 0 saturated heterocycles. The summed E-state index contributed by atoms with van der Waals surface area (Å²) in [5.74, 6) is 0. The van der Waals surface area contributed by atoms with E-state index in [4.69, 9.17) is 0 Å². The third kappa shape index (κ3) is 13.0. The fraction of sp³-hybridized carbons (Fsp3) is 0.737. The van der Waals surface area contributed by atoms with Crippen LogP contribution >= 0.6 is 11.8 Å². The minimum Gasteiger partial charge on any atom is -0.345 e. The lowest BCUT2D eigenvalue weighted by atomic mass is 10.1. The van der Waals surface area contributed by atoms with E-state index >= 15 is 0 Å². The molecule has 0 aliphatic heterocycles. The van der Waals surface area contributed by atoms with Gasteiger partial charge in [0.25, 0.3) is 0 Å². The van der Waals surface area contributed by atoms with Gasteiger partial charge >= 0.3 is 0 Å². The van der Waals surface area contributed by atoms with Crippen molar-refractivity contribution < 1.29 is 4.79 Å². The van der Waals surface area contributed by atoms with Crippen molar-refractivity contribution in [3.05, 3.63) is 22.6 Å². The van der Waals surface area contributed by atoms with Crippen molar-refractivity contribution in [2.75, 3.05) is 19.3 Å². The van der Waals surface area contributed by atoms with Gasteiger partial charge in [-0.15, -0.1) is 11.8 Å². The number of nitrogens with zero attached hydrogens (tertiary/aromatic N) is 1. The maximum atomic E-state index is 10.2. The van der Waals surface area contributed by atoms with Gasteiger partial charge in [0.05, 0.1) is 0 Å². The number of allylic oxidation sites excluding steroid dienone is 4. The number of amides is 1. The second kappa shape index (κ2) is 18.3. The second-order valence-corrected chi connectivity index (χ2v) is 6.02. The molecule has 1 aliphatic rings. The van der Waals surface area contributed by atoms with Crippen LogP contribution in [0.25, 0.3) is 0 Å². The highest BCUT2D eigenvalue weighted by atomic mass is 32.2. The van der Waals surface area contributed by atoms with Gasteiger partial charge < -0.3 is 4.90 Å². The monoisotopic (exact) mass is 327 g/mol. The highest BCUT2D eigenvalue weighted by Gasteiger charge is 2.01. The average molecular weight is 328 g/mol. The van der Waals surface area contributed by atoms with E-state index in [9.17, 15) is 4.79 Å². The Labute approximate surface area is 143 Å². The Hall–Kier alpha value is -0.700. The largest absolute Gasteiger partial charge is 0.345 e. The van der Waals surface area contributed by atoms with Gasteiger partial charge in [-0.2, -0.15) is 0 Å². The first-order valence-corrected chi connectivity index (χ1v) is 9.98. The van der Waals surface area contributed by atoms with Crippen LogP contribution in [0.15, 0.2) is 22.6 Å². The van der Waals surface area contributed by atoms with Gasteiger partial charge in [0.2, 0.25) is 6.41 Å². The summed E-state index contributed by atoms with van der Waals surface area (Å²) >= 11 is 1.90. The summed E-state index contributed by atoms with van der Waals surface area (Å²) in [6, 6.07) is 0. The average Bonchev–Trinajstić information content (AvgIpc) is 2.54. The van der Waals surface area contributed by atoms with Gasteiger partial charge in [-0.05, 0) is 56.6 Å². The van der Waals surface area contributed by atoms with E-state index in [1.165, 1.54) is 19.3 Å². The zero-order chi connectivity index (χ0) is 17.2. The quantitative estimate of drug-likeness (QED) is 0.437. The van der Waals surface area contributed by atoms with E-state index in [0.717, 1.165) is 38.8 Å². The Morgan fingerprint density at radius 3 is 2.23 bits per heavy atom. The summed E-state index contributed by atoms with van der Waals surface area (Å²) in [6.07, 6.45) is 14.9. The van der Waals surface area contributed by atoms with Crippen molar-refractivity contribution in [1.29, 1.82) is 0 Å². The van der Waals surface area contributed by atoms with Crippen LogP contribution < -0.4 is 0 Å². The van der Waals surface area contributed by atoms with Crippen LogP contribution in [-0.2, 0) is 4.79 Å². The molecular formula is C19H37NOS. The van der Waals surface area contributed by atoms with Crippen LogP contribution in [0.4, 0.5) is 0 Å². The Morgan fingerprint density at radius 2 is 1.77 bits per heavy atom. The number of carbonyl (C=O) groups is 1. The van der Waals surface area contributed by atoms with Gasteiger partial charge in [0.15, 0.2) is 0 Å². The Kier molecular flexibility index (Phi) is 19.7. The zero-order valence-corrected chi connectivity index (χ0v) is 16.5. The molecule has 0 aromatic heterocycles. The first-order valence-electron chi connectivity index (χ1n) is 8.76. The normalized spacial score (nSPS) is 18.6. The summed E-state index contributed by atoms with van der Waals surface area (Å²) in [6.45, 7) is 12.2. The van der Waals surface area contributed by atoms with E-state index in [1.54, 1.807) is 15.4 Å². The minimum absolute atomic E-state index is 0.900. The molecule has 0 atom stereocenters. The fourth-order valence-corrected chi connectivity index (χ4v) is 2.87. The van der Waals surface area contributed by atoms with E-state index in [-0.39, 0.29) is 0 Å². The lowest BCUT2D eigenvalue weighted by molar-refractivity contribution is -0.118. The van der Waals surface area contributed by atoms with E-state index in [1.807, 2.05) is 25.6 Å². The van der Waals surface area contributed by atoms with Crippen LogP contribution in [0.5, 0.6) is 0 Å². The number of rotatable bonds is 6. The molecule has 0 saturated carbocycles. The molecule has 0 unspecified atom stereocenters. The first-order chi connectivity index (χ1) is 10.7. The van der Waals surface area contributed by atoms with Crippen LogP contribution in [0.2, 0.25) is 0 Å². The molecule has 0 radical (unpaired) electrons. The molecule has 130 valence electrons. The Balaban J connectivity index is 0. The van der Waals surface area contributed by atoms with Gasteiger partial charge in [-0.3, -0.25) is 4.79 Å². The molecule has 22 heavy (non-hydrogen) atoms. The number of carbonyl (C=O) groups excluding carboxylic acids is 1. The predicted molar refractivity (Wildman–Crippen MR) is 103 cm³/mol. The lowest BCUT2D eigenvalue weighted by Gasteiger charge is -2.13. The van der Waals surface area contributed by atoms with Crippen molar-refractivity contribution in [3.8, 4) is 0 Å². The van der Waals surface area contributed by atoms with Crippen LogP contribution in [0, 0.1) is 0 Å². The molecular weight excluding hydrogens is 290 g/mol. The molecule has 0 fully saturated rings. The van der Waals surface area contributed by atoms with Crippen molar-refractivity contribution >= 4 is 18.2 Å². The maximum Gasteiger partial charge on any atom is 0.209 e. The third-order valence-corrected chi connectivity index (χ3v) is 4.29. The van der Waals surface area contributed by atoms with Crippen molar-refractivity contribution in [3.63, 3.8) is 0 Å². The molecule has 0 bridgehead atoms. The van der Waals surface area contributed by atoms with E-state index in [2.05, 4.69) is 39.2 Å². The summed E-state index contributed by atoms with van der Waals surface area (Å²) in [5.41, 5.74) is 1.60. The summed E-state index contributed by atoms with van der Waals surface area (Å²) in [7, 11) is 0. The topological polar surface area (TPSA) is 20.3 Å². The van der Waals surface area contributed by atoms with Gasteiger partial charge in [0, 0.05) is 13.1 Å². The van der Waals surface area contributed by atoms with Gasteiger partial charge in [-0.25, -0.2) is 0 Å². The predicted octanol–water partition coefficient (Wildman–Crippen LogP) is 6.04. The molecule has 0 heterocycles. The SMILES string of the molecule is CC.CCCN(C=O)CCC.CS/C1=C(\C)CCC/C=C\C1. The van der Waals surface area contributed by atoms with E-state index < -0.39 is 0 Å². The van der Waals surface area contributed by atoms with Gasteiger partial charge in [0.1, 0.15) is 0 Å².